The minimum atomic E-state index is -0.859. The van der Waals surface area contributed by atoms with Crippen LogP contribution in [-0.2, 0) is 16.1 Å². The molecule has 1 saturated heterocycles. The third-order valence-electron chi connectivity index (χ3n) is 6.07. The second-order valence-electron chi connectivity index (χ2n) is 9.39. The van der Waals surface area contributed by atoms with Gasteiger partial charge >= 0.3 is 6.09 Å². The molecule has 2 heterocycles. The minimum Gasteiger partial charge on any atom is -0.459 e. The van der Waals surface area contributed by atoms with E-state index in [2.05, 4.69) is 24.5 Å². The van der Waals surface area contributed by atoms with Crippen LogP contribution in [0.4, 0.5) is 10.5 Å². The summed E-state index contributed by atoms with van der Waals surface area (Å²) in [6.07, 6.45) is 0.857. The van der Waals surface area contributed by atoms with Crippen LogP contribution < -0.4 is 10.6 Å². The molecule has 0 saturated carbocycles. The summed E-state index contributed by atoms with van der Waals surface area (Å²) in [7, 11) is 0. The van der Waals surface area contributed by atoms with Crippen LogP contribution in [-0.4, -0.2) is 35.4 Å². The van der Waals surface area contributed by atoms with E-state index in [4.69, 9.17) is 9.15 Å². The Labute approximate surface area is 210 Å². The fraction of sp³-hybridized carbons (Fsp3) is 0.321. The molecule has 4 rings (SSSR count). The topological polar surface area (TPSA) is 101 Å². The van der Waals surface area contributed by atoms with Gasteiger partial charge < -0.3 is 19.8 Å². The number of hydrogen-bond donors (Lipinski definition) is 2. The molecule has 0 spiro atoms. The molecule has 8 heteroatoms. The fourth-order valence-electron chi connectivity index (χ4n) is 4.08. The largest absolute Gasteiger partial charge is 0.459 e. The monoisotopic (exact) mass is 489 g/mol. The summed E-state index contributed by atoms with van der Waals surface area (Å²) in [5.41, 5.74) is 3.12. The van der Waals surface area contributed by atoms with Crippen molar-refractivity contribution >= 4 is 23.6 Å². The molecule has 0 radical (unpaired) electrons. The Bertz CT molecular complexity index is 1200. The third-order valence-corrected chi connectivity index (χ3v) is 6.07. The normalized spacial score (nSPS) is 17.2. The number of nitrogens with zero attached hydrogens (tertiary/aromatic N) is 1. The third kappa shape index (κ3) is 5.94. The molecule has 2 N–H and O–H groups in total. The molecule has 2 unspecified atom stereocenters. The lowest BCUT2D eigenvalue weighted by molar-refractivity contribution is -0.126. The molecular weight excluding hydrogens is 458 g/mol. The number of nitrogens with one attached hydrogen (secondary N) is 2. The van der Waals surface area contributed by atoms with Crippen molar-refractivity contribution in [3.05, 3.63) is 89.4 Å². The minimum absolute atomic E-state index is 0.180. The number of hydrogen-bond acceptors (Lipinski definition) is 5. The highest BCUT2D eigenvalue weighted by atomic mass is 16.6. The van der Waals surface area contributed by atoms with Crippen LogP contribution >= 0.6 is 0 Å². The van der Waals surface area contributed by atoms with Crippen molar-refractivity contribution in [1.29, 1.82) is 0 Å². The van der Waals surface area contributed by atoms with Gasteiger partial charge in [0.1, 0.15) is 0 Å². The molecule has 36 heavy (non-hydrogen) atoms. The summed E-state index contributed by atoms with van der Waals surface area (Å²) in [5.74, 6) is -0.0618. The predicted octanol–water partition coefficient (Wildman–Crippen LogP) is 5.06. The van der Waals surface area contributed by atoms with Gasteiger partial charge in [0.05, 0.1) is 12.8 Å². The molecule has 1 aliphatic rings. The van der Waals surface area contributed by atoms with Gasteiger partial charge in [-0.25, -0.2) is 4.79 Å². The number of amides is 3. The number of carbonyl (C=O) groups is 3. The number of anilines is 1. The van der Waals surface area contributed by atoms with E-state index in [0.29, 0.717) is 23.7 Å². The van der Waals surface area contributed by atoms with Crippen molar-refractivity contribution in [2.75, 3.05) is 11.9 Å². The summed E-state index contributed by atoms with van der Waals surface area (Å²) >= 11 is 0. The first-order valence-corrected chi connectivity index (χ1v) is 12.1. The molecule has 0 aliphatic carbocycles. The van der Waals surface area contributed by atoms with E-state index in [0.717, 1.165) is 17.5 Å². The Balaban J connectivity index is 1.58. The standard InChI is InChI=1S/C28H31N3O5/c1-18(2)13-14-29-27(33)24-25(36-28(34)31(24)17-20-11-9-19(3)10-12-20)21-6-4-7-22(16-21)30-26(32)23-8-5-15-35-23/h4-12,15-16,18,24-25H,13-14,17H2,1-3H3,(H,29,33)(H,30,32). The quantitative estimate of drug-likeness (QED) is 0.437. The zero-order chi connectivity index (χ0) is 25.7. The number of carbonyl (C=O) groups excluding carboxylic acids is 3. The van der Waals surface area contributed by atoms with Gasteiger partial charge in [-0.3, -0.25) is 14.5 Å². The van der Waals surface area contributed by atoms with Gasteiger partial charge in [0.25, 0.3) is 5.91 Å². The van der Waals surface area contributed by atoms with Gasteiger partial charge in [0.15, 0.2) is 17.9 Å². The van der Waals surface area contributed by atoms with Gasteiger partial charge in [0.2, 0.25) is 5.91 Å². The first kappa shape index (κ1) is 25.0. The SMILES string of the molecule is Cc1ccc(CN2C(=O)OC(c3cccc(NC(=O)c4ccco4)c3)C2C(=O)NCCC(C)C)cc1. The Morgan fingerprint density at radius 3 is 2.53 bits per heavy atom. The predicted molar refractivity (Wildman–Crippen MR) is 135 cm³/mol. The average molecular weight is 490 g/mol. The van der Waals surface area contributed by atoms with E-state index in [1.54, 1.807) is 36.4 Å². The maximum atomic E-state index is 13.4. The van der Waals surface area contributed by atoms with Crippen LogP contribution in [0, 0.1) is 12.8 Å². The Kier molecular flexibility index (Phi) is 7.73. The van der Waals surface area contributed by atoms with Crippen molar-refractivity contribution in [2.24, 2.45) is 5.92 Å². The maximum Gasteiger partial charge on any atom is 0.411 e. The zero-order valence-corrected chi connectivity index (χ0v) is 20.7. The van der Waals surface area contributed by atoms with Gasteiger partial charge in [-0.15, -0.1) is 0 Å². The maximum absolute atomic E-state index is 13.4. The van der Waals surface area contributed by atoms with E-state index in [1.165, 1.54) is 11.2 Å². The molecule has 188 valence electrons. The highest BCUT2D eigenvalue weighted by Crippen LogP contribution is 2.35. The smallest absolute Gasteiger partial charge is 0.411 e. The van der Waals surface area contributed by atoms with Crippen molar-refractivity contribution < 1.29 is 23.5 Å². The zero-order valence-electron chi connectivity index (χ0n) is 20.7. The van der Waals surface area contributed by atoms with Crippen molar-refractivity contribution in [1.82, 2.24) is 10.2 Å². The highest BCUT2D eigenvalue weighted by molar-refractivity contribution is 6.02. The number of furan rings is 1. The molecule has 3 amide bonds. The summed E-state index contributed by atoms with van der Waals surface area (Å²) in [4.78, 5) is 40.2. The molecule has 1 fully saturated rings. The van der Waals surface area contributed by atoms with Gasteiger partial charge in [-0.2, -0.15) is 0 Å². The van der Waals surface area contributed by atoms with Crippen LogP contribution in [0.5, 0.6) is 0 Å². The molecule has 2 atom stereocenters. The molecule has 0 bridgehead atoms. The van der Waals surface area contributed by atoms with Crippen LogP contribution in [0.25, 0.3) is 0 Å². The Morgan fingerprint density at radius 1 is 1.06 bits per heavy atom. The van der Waals surface area contributed by atoms with Crippen LogP contribution in [0.15, 0.2) is 71.3 Å². The van der Waals surface area contributed by atoms with Crippen LogP contribution in [0.2, 0.25) is 0 Å². The molecule has 1 aliphatic heterocycles. The summed E-state index contributed by atoms with van der Waals surface area (Å²) in [5, 5.41) is 5.75. The summed E-state index contributed by atoms with van der Waals surface area (Å²) in [6.45, 7) is 6.91. The number of ether oxygens (including phenoxy) is 1. The number of aryl methyl sites for hydroxylation is 1. The first-order chi connectivity index (χ1) is 17.3. The number of cyclic esters (lactones) is 1. The molecular formula is C28H31N3O5. The van der Waals surface area contributed by atoms with E-state index >= 15 is 0 Å². The first-order valence-electron chi connectivity index (χ1n) is 12.1. The van der Waals surface area contributed by atoms with Crippen LogP contribution in [0.3, 0.4) is 0 Å². The number of rotatable bonds is 9. The summed E-state index contributed by atoms with van der Waals surface area (Å²) < 4.78 is 10.9. The lowest BCUT2D eigenvalue weighted by atomic mass is 9.99. The van der Waals surface area contributed by atoms with Crippen molar-refractivity contribution in [3.8, 4) is 0 Å². The van der Waals surface area contributed by atoms with E-state index in [9.17, 15) is 14.4 Å². The van der Waals surface area contributed by atoms with E-state index < -0.39 is 24.1 Å². The number of benzene rings is 2. The molecule has 1 aromatic heterocycles. The lowest BCUT2D eigenvalue weighted by Crippen LogP contribution is -2.46. The second-order valence-corrected chi connectivity index (χ2v) is 9.39. The van der Waals surface area contributed by atoms with Crippen molar-refractivity contribution in [2.45, 2.75) is 45.9 Å². The van der Waals surface area contributed by atoms with Crippen molar-refractivity contribution in [3.63, 3.8) is 0 Å². The Hall–Kier alpha value is -4.07. The van der Waals surface area contributed by atoms with Gasteiger partial charge in [0, 0.05) is 12.2 Å². The van der Waals surface area contributed by atoms with E-state index in [-0.39, 0.29) is 18.2 Å². The molecule has 2 aromatic carbocycles. The average Bonchev–Trinajstić information content (AvgIpc) is 3.49. The Morgan fingerprint density at radius 2 is 1.83 bits per heavy atom. The molecule has 3 aromatic rings. The molecule has 8 nitrogen and oxygen atoms in total. The highest BCUT2D eigenvalue weighted by Gasteiger charge is 2.47. The van der Waals surface area contributed by atoms with Gasteiger partial charge in [-0.05, 0) is 54.7 Å². The van der Waals surface area contributed by atoms with Gasteiger partial charge in [-0.1, -0.05) is 55.8 Å². The fourth-order valence-corrected chi connectivity index (χ4v) is 4.08. The summed E-state index contributed by atoms with van der Waals surface area (Å²) in [6, 6.07) is 17.1. The lowest BCUT2D eigenvalue weighted by Gasteiger charge is -2.24. The van der Waals surface area contributed by atoms with E-state index in [1.807, 2.05) is 31.2 Å². The second kappa shape index (κ2) is 11.1. The van der Waals surface area contributed by atoms with Crippen LogP contribution in [0.1, 0.15) is 53.6 Å².